The van der Waals surface area contributed by atoms with Gasteiger partial charge in [0, 0.05) is 11.6 Å². The highest BCUT2D eigenvalue weighted by atomic mass is 17.2. The number of aryl methyl sites for hydroxylation is 1. The molecule has 1 unspecified atom stereocenters. The van der Waals surface area contributed by atoms with Gasteiger partial charge in [-0.3, -0.25) is 10.1 Å². The molecule has 1 atom stereocenters. The van der Waals surface area contributed by atoms with E-state index in [1.54, 1.807) is 0 Å². The molecule has 80 valence electrons. The summed E-state index contributed by atoms with van der Waals surface area (Å²) < 4.78 is 0. The number of hydrogen-bond donors (Lipinski definition) is 2. The molecule has 0 saturated heterocycles. The normalized spacial score (nSPS) is 23.4. The molecule has 8 heteroatoms. The fourth-order valence-electron chi connectivity index (χ4n) is 1.41. The van der Waals surface area contributed by atoms with Crippen molar-refractivity contribution in [1.82, 2.24) is 4.97 Å². The summed E-state index contributed by atoms with van der Waals surface area (Å²) in [5.74, 6) is 0. The molecule has 1 aliphatic rings. The quantitative estimate of drug-likeness (QED) is 0.315. The number of hydrogen-bond acceptors (Lipinski definition) is 6. The molecule has 0 amide bonds. The van der Waals surface area contributed by atoms with Gasteiger partial charge in [0.15, 0.2) is 0 Å². The number of nitro groups is 1. The van der Waals surface area contributed by atoms with Crippen LogP contribution in [0.5, 0.6) is 0 Å². The lowest BCUT2D eigenvalue weighted by molar-refractivity contribution is -0.384. The minimum Gasteiger partial charge on any atom is -0.557 e. The Morgan fingerprint density at radius 1 is 1.60 bits per heavy atom. The van der Waals surface area contributed by atoms with Crippen LogP contribution in [0.15, 0.2) is 12.1 Å². The van der Waals surface area contributed by atoms with Gasteiger partial charge in [-0.15, -0.1) is 0 Å². The molecular weight excluding hydrogens is 206 g/mol. The van der Waals surface area contributed by atoms with Crippen molar-refractivity contribution in [2.45, 2.75) is 6.92 Å². The lowest BCUT2D eigenvalue weighted by Gasteiger charge is -2.20. The van der Waals surface area contributed by atoms with E-state index in [1.807, 2.05) is 5.48 Å². The second-order valence-electron chi connectivity index (χ2n) is 3.10. The van der Waals surface area contributed by atoms with E-state index in [0.29, 0.717) is 5.56 Å². The van der Waals surface area contributed by atoms with Crippen LogP contribution in [-0.2, 0) is 4.94 Å². The molecule has 0 spiro atoms. The fraction of sp³-hybridized carbons (Fsp3) is 0.143. The Hall–Kier alpha value is -1.74. The van der Waals surface area contributed by atoms with Crippen molar-refractivity contribution in [3.8, 4) is 0 Å². The number of anilines is 1. The summed E-state index contributed by atoms with van der Waals surface area (Å²) in [5.41, 5.74) is 1.78. The van der Waals surface area contributed by atoms with Crippen molar-refractivity contribution in [3.05, 3.63) is 33.0 Å². The maximum absolute atomic E-state index is 11.2. The summed E-state index contributed by atoms with van der Waals surface area (Å²) in [4.78, 5) is 12.2. The Bertz CT molecular complexity index is 444. The maximum Gasteiger partial charge on any atom is 0.304 e. The second kappa shape index (κ2) is 2.87. The van der Waals surface area contributed by atoms with E-state index < -0.39 is 9.90 Å². The van der Waals surface area contributed by atoms with Crippen LogP contribution in [0.25, 0.3) is 0 Å². The number of nitro benzene ring substituents is 1. The van der Waals surface area contributed by atoms with Crippen LogP contribution >= 0.6 is 0 Å². The van der Waals surface area contributed by atoms with Crippen LogP contribution in [0.1, 0.15) is 5.56 Å². The van der Waals surface area contributed by atoms with Gasteiger partial charge >= 0.3 is 5.69 Å². The van der Waals surface area contributed by atoms with Crippen molar-refractivity contribution in [3.63, 3.8) is 0 Å². The van der Waals surface area contributed by atoms with Gasteiger partial charge in [-0.1, -0.05) is 0 Å². The van der Waals surface area contributed by atoms with Gasteiger partial charge in [0.1, 0.15) is 0 Å². The summed E-state index contributed by atoms with van der Waals surface area (Å²) in [6.45, 7) is 1.52. The zero-order valence-corrected chi connectivity index (χ0v) is 7.63. The summed E-state index contributed by atoms with van der Waals surface area (Å²) in [5, 5.41) is 31.0. The molecule has 1 heterocycles. The van der Waals surface area contributed by atoms with Crippen LogP contribution < -0.4 is 10.5 Å². The van der Waals surface area contributed by atoms with E-state index >= 15 is 0 Å². The first kappa shape index (κ1) is 9.80. The topological polar surface area (TPSA) is 108 Å². The number of fused-ring (bicyclic) bond motifs is 1. The monoisotopic (exact) mass is 213 g/mol. The predicted molar refractivity (Wildman–Crippen MR) is 49.5 cm³/mol. The Kier molecular flexibility index (Phi) is 1.88. The van der Waals surface area contributed by atoms with E-state index in [4.69, 9.17) is 5.21 Å². The molecule has 0 aromatic heterocycles. The Labute approximate surface area is 83.5 Å². The number of nitrogens with zero attached hydrogens (tertiary/aromatic N) is 2. The number of nitrogens with one attached hydrogen (secondary N) is 1. The lowest BCUT2D eigenvalue weighted by atomic mass is 10.1. The van der Waals surface area contributed by atoms with Crippen LogP contribution in [-0.4, -0.2) is 10.1 Å². The maximum atomic E-state index is 11.2. The number of benzene rings is 1. The molecule has 1 aromatic carbocycles. The largest absolute Gasteiger partial charge is 0.557 e. The van der Waals surface area contributed by atoms with Crippen LogP contribution in [0.2, 0.25) is 0 Å². The van der Waals surface area contributed by atoms with E-state index in [2.05, 4.69) is 4.94 Å². The Balaban J connectivity index is 2.69. The van der Waals surface area contributed by atoms with Gasteiger partial charge in [-0.05, 0) is 22.9 Å². The molecule has 2 rings (SSSR count). The Morgan fingerprint density at radius 2 is 2.27 bits per heavy atom. The highest BCUT2D eigenvalue weighted by Crippen LogP contribution is 2.43. The molecule has 2 N–H and O–H groups in total. The third kappa shape index (κ3) is 1.32. The molecule has 0 aliphatic carbocycles. The number of quaternary nitrogens is 1. The SMILES string of the molecule is Cc1ccc2c(c1[N+](=O)[O-])NO[N+]2([O-])O. The molecule has 1 aromatic rings. The van der Waals surface area contributed by atoms with Crippen molar-refractivity contribution < 1.29 is 15.1 Å². The first-order chi connectivity index (χ1) is 6.93. The van der Waals surface area contributed by atoms with Crippen molar-refractivity contribution in [2.75, 3.05) is 5.48 Å². The number of rotatable bonds is 1. The molecule has 0 fully saturated rings. The standard InChI is InChI=1S/C7H7N3O5/c1-4-2-3-5-6(7(4)9(11)12)8-15-10(5,13)14/h2-3,8,13H,1H3. The fourth-order valence-corrected chi connectivity index (χ4v) is 1.41. The summed E-state index contributed by atoms with van der Waals surface area (Å²) in [6, 6.07) is 2.64. The van der Waals surface area contributed by atoms with Gasteiger partial charge in [0.25, 0.3) is 0 Å². The highest BCUT2D eigenvalue weighted by Gasteiger charge is 2.39. The average molecular weight is 213 g/mol. The van der Waals surface area contributed by atoms with Gasteiger partial charge in [-0.2, -0.15) is 10.7 Å². The predicted octanol–water partition coefficient (Wildman–Crippen LogP) is 1.37. The van der Waals surface area contributed by atoms with Gasteiger partial charge in [0.2, 0.25) is 11.4 Å². The second-order valence-corrected chi connectivity index (χ2v) is 3.10. The Morgan fingerprint density at radius 3 is 2.87 bits per heavy atom. The smallest absolute Gasteiger partial charge is 0.304 e. The third-order valence-corrected chi connectivity index (χ3v) is 2.12. The average Bonchev–Trinajstić information content (AvgIpc) is 2.41. The molecule has 1 aliphatic heterocycles. The van der Waals surface area contributed by atoms with Gasteiger partial charge in [0.05, 0.1) is 4.92 Å². The van der Waals surface area contributed by atoms with Gasteiger partial charge in [-0.25, -0.2) is 0 Å². The van der Waals surface area contributed by atoms with Gasteiger partial charge < -0.3 is 5.21 Å². The highest BCUT2D eigenvalue weighted by molar-refractivity contribution is 5.80. The van der Waals surface area contributed by atoms with Crippen molar-refractivity contribution in [2.24, 2.45) is 0 Å². The van der Waals surface area contributed by atoms with Crippen molar-refractivity contribution >= 4 is 17.1 Å². The summed E-state index contributed by atoms with van der Waals surface area (Å²) in [7, 11) is 0. The third-order valence-electron chi connectivity index (χ3n) is 2.12. The van der Waals surface area contributed by atoms with E-state index in [-0.39, 0.29) is 17.1 Å². The van der Waals surface area contributed by atoms with E-state index in [0.717, 1.165) is 0 Å². The zero-order chi connectivity index (χ0) is 11.2. The molecule has 15 heavy (non-hydrogen) atoms. The zero-order valence-electron chi connectivity index (χ0n) is 7.63. The first-order valence-corrected chi connectivity index (χ1v) is 3.99. The van der Waals surface area contributed by atoms with E-state index in [1.165, 1.54) is 19.1 Å². The molecule has 0 radical (unpaired) electrons. The molecule has 8 nitrogen and oxygen atoms in total. The summed E-state index contributed by atoms with van der Waals surface area (Å²) >= 11 is 0. The lowest BCUT2D eigenvalue weighted by Crippen LogP contribution is -2.35. The summed E-state index contributed by atoms with van der Waals surface area (Å²) in [6.07, 6.45) is 0. The first-order valence-electron chi connectivity index (χ1n) is 3.99. The van der Waals surface area contributed by atoms with Crippen LogP contribution in [0, 0.1) is 22.2 Å². The van der Waals surface area contributed by atoms with Crippen LogP contribution in [0.4, 0.5) is 17.1 Å². The van der Waals surface area contributed by atoms with Crippen molar-refractivity contribution in [1.29, 1.82) is 0 Å². The molecule has 0 bridgehead atoms. The van der Waals surface area contributed by atoms with E-state index in [9.17, 15) is 15.3 Å². The molecule has 0 saturated carbocycles. The van der Waals surface area contributed by atoms with Crippen LogP contribution in [0.3, 0.4) is 0 Å². The molecular formula is C7H7N3O5. The minimum atomic E-state index is -2.11. The minimum absolute atomic E-state index is 0.113.